The van der Waals surface area contributed by atoms with Crippen LogP contribution in [-0.2, 0) is 5.75 Å². The van der Waals surface area contributed by atoms with E-state index >= 15 is 0 Å². The van der Waals surface area contributed by atoms with Crippen molar-refractivity contribution in [2.75, 3.05) is 19.6 Å². The highest BCUT2D eigenvalue weighted by Crippen LogP contribution is 2.36. The summed E-state index contributed by atoms with van der Waals surface area (Å²) >= 11 is 3.40. The Labute approximate surface area is 140 Å². The van der Waals surface area contributed by atoms with Crippen molar-refractivity contribution in [1.29, 1.82) is 5.26 Å². The van der Waals surface area contributed by atoms with Crippen LogP contribution in [0.2, 0.25) is 0 Å². The van der Waals surface area contributed by atoms with Gasteiger partial charge in [0.25, 0.3) is 0 Å². The van der Waals surface area contributed by atoms with Crippen molar-refractivity contribution in [3.05, 3.63) is 47.0 Å². The summed E-state index contributed by atoms with van der Waals surface area (Å²) in [5.74, 6) is 1.75. The Morgan fingerprint density at radius 3 is 2.36 bits per heavy atom. The SMILES string of the molecule is COc1ccc(-c2cc(SC)c(C#N)c(C)c2CSC)cc1. The molecule has 2 rings (SSSR count). The van der Waals surface area contributed by atoms with Crippen LogP contribution in [-0.4, -0.2) is 19.6 Å². The van der Waals surface area contributed by atoms with E-state index in [4.69, 9.17) is 4.74 Å². The number of hydrogen-bond donors (Lipinski definition) is 0. The van der Waals surface area contributed by atoms with Crippen LogP contribution < -0.4 is 4.74 Å². The summed E-state index contributed by atoms with van der Waals surface area (Å²) in [5, 5.41) is 9.47. The lowest BCUT2D eigenvalue weighted by Crippen LogP contribution is -1.98. The maximum Gasteiger partial charge on any atom is 0.118 e. The third-order valence-corrected chi connectivity index (χ3v) is 5.04. The number of rotatable bonds is 5. The summed E-state index contributed by atoms with van der Waals surface area (Å²) in [5.41, 5.74) is 5.50. The van der Waals surface area contributed by atoms with Gasteiger partial charge in [-0.25, -0.2) is 0 Å². The van der Waals surface area contributed by atoms with Gasteiger partial charge in [0.05, 0.1) is 12.7 Å². The molecule has 0 aliphatic heterocycles. The smallest absolute Gasteiger partial charge is 0.118 e. The number of hydrogen-bond acceptors (Lipinski definition) is 4. The minimum atomic E-state index is 0.800. The topological polar surface area (TPSA) is 33.0 Å². The zero-order chi connectivity index (χ0) is 16.1. The van der Waals surface area contributed by atoms with E-state index < -0.39 is 0 Å². The van der Waals surface area contributed by atoms with E-state index in [0.717, 1.165) is 33.1 Å². The predicted molar refractivity (Wildman–Crippen MR) is 96.9 cm³/mol. The second kappa shape index (κ2) is 7.62. The first-order chi connectivity index (χ1) is 10.7. The standard InChI is InChI=1S/C18H19NOS2/c1-12-16(10-19)18(22-4)9-15(17(12)11-21-3)13-5-7-14(20-2)8-6-13/h5-9H,11H2,1-4H3. The lowest BCUT2D eigenvalue weighted by Gasteiger charge is -2.16. The fourth-order valence-electron chi connectivity index (χ4n) is 2.49. The summed E-state index contributed by atoms with van der Waals surface area (Å²) in [4.78, 5) is 1.04. The average molecular weight is 329 g/mol. The van der Waals surface area contributed by atoms with Crippen LogP contribution in [0, 0.1) is 18.3 Å². The average Bonchev–Trinajstić information content (AvgIpc) is 2.56. The Balaban J connectivity index is 2.66. The summed E-state index contributed by atoms with van der Waals surface area (Å²) in [7, 11) is 1.67. The lowest BCUT2D eigenvalue weighted by molar-refractivity contribution is 0.415. The van der Waals surface area contributed by atoms with Crippen molar-refractivity contribution in [3.63, 3.8) is 0 Å². The van der Waals surface area contributed by atoms with E-state index in [1.54, 1.807) is 30.6 Å². The van der Waals surface area contributed by atoms with Gasteiger partial charge in [-0.15, -0.1) is 11.8 Å². The van der Waals surface area contributed by atoms with Gasteiger partial charge in [-0.2, -0.15) is 17.0 Å². The van der Waals surface area contributed by atoms with Crippen LogP contribution in [0.1, 0.15) is 16.7 Å². The van der Waals surface area contributed by atoms with E-state index in [1.807, 2.05) is 18.4 Å². The molecular formula is C18H19NOS2. The molecule has 0 bridgehead atoms. The molecule has 0 aliphatic carbocycles. The maximum atomic E-state index is 9.47. The number of ether oxygens (including phenoxy) is 1. The highest BCUT2D eigenvalue weighted by atomic mass is 32.2. The molecular weight excluding hydrogens is 310 g/mol. The quantitative estimate of drug-likeness (QED) is 0.712. The minimum absolute atomic E-state index is 0.800. The number of nitriles is 1. The van der Waals surface area contributed by atoms with Crippen molar-refractivity contribution in [3.8, 4) is 22.9 Å². The fraction of sp³-hybridized carbons (Fsp3) is 0.278. The molecule has 0 unspecified atom stereocenters. The molecule has 0 N–H and O–H groups in total. The summed E-state index contributed by atoms with van der Waals surface area (Å²) < 4.78 is 5.24. The molecule has 0 heterocycles. The van der Waals surface area contributed by atoms with Gasteiger partial charge in [0, 0.05) is 10.6 Å². The first-order valence-electron chi connectivity index (χ1n) is 6.90. The second-order valence-electron chi connectivity index (χ2n) is 4.88. The molecule has 0 amide bonds. The Kier molecular flexibility index (Phi) is 5.82. The largest absolute Gasteiger partial charge is 0.497 e. The van der Waals surface area contributed by atoms with Crippen molar-refractivity contribution in [2.45, 2.75) is 17.6 Å². The third-order valence-electron chi connectivity index (χ3n) is 3.70. The van der Waals surface area contributed by atoms with Gasteiger partial charge >= 0.3 is 0 Å². The van der Waals surface area contributed by atoms with Gasteiger partial charge in [0.15, 0.2) is 0 Å². The zero-order valence-corrected chi connectivity index (χ0v) is 14.9. The first kappa shape index (κ1) is 16.8. The molecule has 2 aromatic carbocycles. The molecule has 0 saturated heterocycles. The number of methoxy groups -OCH3 is 1. The highest BCUT2D eigenvalue weighted by molar-refractivity contribution is 7.98. The summed E-state index contributed by atoms with van der Waals surface area (Å²) in [6, 6.07) is 12.6. The van der Waals surface area contributed by atoms with Gasteiger partial charge in [-0.1, -0.05) is 12.1 Å². The minimum Gasteiger partial charge on any atom is -0.497 e. The molecule has 0 fully saturated rings. The molecule has 22 heavy (non-hydrogen) atoms. The van der Waals surface area contributed by atoms with Crippen molar-refractivity contribution in [2.24, 2.45) is 0 Å². The van der Waals surface area contributed by atoms with E-state index in [1.165, 1.54) is 11.1 Å². The van der Waals surface area contributed by atoms with Crippen molar-refractivity contribution < 1.29 is 4.74 Å². The third kappa shape index (κ3) is 3.26. The van der Waals surface area contributed by atoms with Gasteiger partial charge in [-0.05, 0) is 59.9 Å². The number of nitrogens with zero attached hydrogens (tertiary/aromatic N) is 1. The molecule has 0 radical (unpaired) electrons. The van der Waals surface area contributed by atoms with Crippen molar-refractivity contribution >= 4 is 23.5 Å². The van der Waals surface area contributed by atoms with Gasteiger partial charge in [0.1, 0.15) is 11.8 Å². The molecule has 0 aromatic heterocycles. The molecule has 0 saturated carbocycles. The number of benzene rings is 2. The van der Waals surface area contributed by atoms with Gasteiger partial charge in [-0.3, -0.25) is 0 Å². The van der Waals surface area contributed by atoms with Crippen LogP contribution in [0.15, 0.2) is 35.2 Å². The Hall–Kier alpha value is -1.57. The fourth-order valence-corrected chi connectivity index (χ4v) is 3.79. The van der Waals surface area contributed by atoms with Crippen LogP contribution >= 0.6 is 23.5 Å². The first-order valence-corrected chi connectivity index (χ1v) is 9.52. The van der Waals surface area contributed by atoms with E-state index in [0.29, 0.717) is 0 Å². The Morgan fingerprint density at radius 1 is 1.18 bits per heavy atom. The monoisotopic (exact) mass is 329 g/mol. The van der Waals surface area contributed by atoms with Gasteiger partial charge < -0.3 is 4.74 Å². The molecule has 0 aliphatic rings. The normalized spacial score (nSPS) is 10.3. The molecule has 114 valence electrons. The van der Waals surface area contributed by atoms with Crippen molar-refractivity contribution in [1.82, 2.24) is 0 Å². The van der Waals surface area contributed by atoms with Crippen LogP contribution in [0.3, 0.4) is 0 Å². The Bertz CT molecular complexity index is 703. The maximum absolute atomic E-state index is 9.47. The molecule has 0 spiro atoms. The molecule has 2 nitrogen and oxygen atoms in total. The predicted octanol–water partition coefficient (Wildman–Crippen LogP) is 5.13. The van der Waals surface area contributed by atoms with E-state index in [-0.39, 0.29) is 0 Å². The highest BCUT2D eigenvalue weighted by Gasteiger charge is 2.15. The van der Waals surface area contributed by atoms with Gasteiger partial charge in [0.2, 0.25) is 0 Å². The number of thioether (sulfide) groups is 2. The second-order valence-corrected chi connectivity index (χ2v) is 6.59. The Morgan fingerprint density at radius 2 is 1.86 bits per heavy atom. The molecule has 0 atom stereocenters. The summed E-state index contributed by atoms with van der Waals surface area (Å²) in [6.45, 7) is 2.05. The molecule has 2 aromatic rings. The van der Waals surface area contributed by atoms with E-state index in [9.17, 15) is 5.26 Å². The van der Waals surface area contributed by atoms with Crippen LogP contribution in [0.5, 0.6) is 5.75 Å². The van der Waals surface area contributed by atoms with Crippen LogP contribution in [0.4, 0.5) is 0 Å². The van der Waals surface area contributed by atoms with Crippen LogP contribution in [0.25, 0.3) is 11.1 Å². The van der Waals surface area contributed by atoms with E-state index in [2.05, 4.69) is 37.4 Å². The lowest BCUT2D eigenvalue weighted by atomic mass is 9.93. The molecule has 4 heteroatoms. The summed E-state index contributed by atoms with van der Waals surface area (Å²) in [6.07, 6.45) is 4.10. The zero-order valence-electron chi connectivity index (χ0n) is 13.3.